The first-order valence-corrected chi connectivity index (χ1v) is 10.9. The molecule has 1 aliphatic heterocycles. The summed E-state index contributed by atoms with van der Waals surface area (Å²) in [6.07, 6.45) is 0.200. The van der Waals surface area contributed by atoms with E-state index in [0.717, 1.165) is 5.52 Å². The van der Waals surface area contributed by atoms with Gasteiger partial charge in [-0.2, -0.15) is 0 Å². The first kappa shape index (κ1) is 22.4. The number of amides is 1. The van der Waals surface area contributed by atoms with E-state index in [9.17, 15) is 14.7 Å². The van der Waals surface area contributed by atoms with Crippen molar-refractivity contribution in [2.75, 3.05) is 18.6 Å². The van der Waals surface area contributed by atoms with Gasteiger partial charge >= 0.3 is 0 Å². The van der Waals surface area contributed by atoms with E-state index in [1.165, 1.54) is 4.90 Å². The standard InChI is InChI=1S/C25H27N3O5/c1-5-33-20-13-15(10-11-19(20)32-4)22-21(18(29)12-14(2)3)23(30)24(31)28(22)25-26-16-8-6-7-9-17(16)27-25/h6-11,13-14,22,30H,5,12H2,1-4H3,(H,26,27). The topological polar surface area (TPSA) is 105 Å². The predicted octanol–water partition coefficient (Wildman–Crippen LogP) is 4.49. The molecule has 0 fully saturated rings. The molecule has 1 aliphatic rings. The van der Waals surface area contributed by atoms with Crippen molar-refractivity contribution in [3.63, 3.8) is 0 Å². The Kier molecular flexibility index (Phi) is 6.09. The van der Waals surface area contributed by atoms with E-state index < -0.39 is 17.7 Å². The number of hydrogen-bond acceptors (Lipinski definition) is 6. The Morgan fingerprint density at radius 1 is 1.21 bits per heavy atom. The number of Topliss-reactive ketones (excluding diaryl/α,β-unsaturated/α-hetero) is 1. The molecule has 0 spiro atoms. The van der Waals surface area contributed by atoms with Gasteiger partial charge in [-0.05, 0) is 42.7 Å². The summed E-state index contributed by atoms with van der Waals surface area (Å²) < 4.78 is 11.1. The van der Waals surface area contributed by atoms with Crippen LogP contribution in [-0.2, 0) is 9.59 Å². The summed E-state index contributed by atoms with van der Waals surface area (Å²) in [7, 11) is 1.54. The normalized spacial score (nSPS) is 16.2. The van der Waals surface area contributed by atoms with Gasteiger partial charge in [0.25, 0.3) is 5.91 Å². The van der Waals surface area contributed by atoms with Crippen molar-refractivity contribution < 1.29 is 24.2 Å². The summed E-state index contributed by atoms with van der Waals surface area (Å²) in [6, 6.07) is 11.7. The SMILES string of the molecule is CCOc1cc(C2C(C(=O)CC(C)C)=C(O)C(=O)N2c2nc3ccccc3[nH]2)ccc1OC. The molecule has 1 unspecified atom stereocenters. The number of hydrogen-bond donors (Lipinski definition) is 2. The van der Waals surface area contributed by atoms with E-state index >= 15 is 0 Å². The number of H-pyrrole nitrogens is 1. The second-order valence-electron chi connectivity index (χ2n) is 8.28. The van der Waals surface area contributed by atoms with Crippen molar-refractivity contribution in [1.29, 1.82) is 0 Å². The fourth-order valence-corrected chi connectivity index (χ4v) is 4.09. The number of aromatic nitrogens is 2. The molecule has 3 aromatic rings. The highest BCUT2D eigenvalue weighted by Crippen LogP contribution is 2.43. The van der Waals surface area contributed by atoms with Crippen LogP contribution < -0.4 is 14.4 Å². The molecule has 0 saturated carbocycles. The van der Waals surface area contributed by atoms with Crippen molar-refractivity contribution >= 4 is 28.7 Å². The molecule has 2 heterocycles. The van der Waals surface area contributed by atoms with Gasteiger partial charge in [-0.3, -0.25) is 14.5 Å². The van der Waals surface area contributed by atoms with E-state index in [0.29, 0.717) is 29.2 Å². The number of aliphatic hydroxyl groups excluding tert-OH is 1. The number of aromatic amines is 1. The number of nitrogens with one attached hydrogen (secondary N) is 1. The lowest BCUT2D eigenvalue weighted by atomic mass is 9.92. The van der Waals surface area contributed by atoms with Crippen LogP contribution >= 0.6 is 0 Å². The summed E-state index contributed by atoms with van der Waals surface area (Å²) >= 11 is 0. The van der Waals surface area contributed by atoms with E-state index in [1.54, 1.807) is 25.3 Å². The first-order valence-electron chi connectivity index (χ1n) is 10.9. The molecule has 8 nitrogen and oxygen atoms in total. The average molecular weight is 450 g/mol. The Labute approximate surface area is 191 Å². The molecule has 0 aliphatic carbocycles. The highest BCUT2D eigenvalue weighted by atomic mass is 16.5. The van der Waals surface area contributed by atoms with E-state index in [2.05, 4.69) is 9.97 Å². The summed E-state index contributed by atoms with van der Waals surface area (Å²) in [6.45, 7) is 6.10. The molecule has 2 aromatic carbocycles. The molecule has 33 heavy (non-hydrogen) atoms. The quantitative estimate of drug-likeness (QED) is 0.525. The van der Waals surface area contributed by atoms with Gasteiger partial charge in [0.05, 0.1) is 36.4 Å². The highest BCUT2D eigenvalue weighted by molar-refractivity contribution is 6.16. The molecule has 1 atom stereocenters. The minimum Gasteiger partial charge on any atom is -0.503 e. The second kappa shape index (κ2) is 8.97. The number of rotatable bonds is 8. The lowest BCUT2D eigenvalue weighted by Crippen LogP contribution is -2.32. The number of methoxy groups -OCH3 is 1. The molecule has 8 heteroatoms. The van der Waals surface area contributed by atoms with Crippen LogP contribution in [0.5, 0.6) is 11.5 Å². The molecule has 1 aromatic heterocycles. The van der Waals surface area contributed by atoms with Crippen molar-refractivity contribution in [2.45, 2.75) is 33.2 Å². The number of aliphatic hydroxyl groups is 1. The lowest BCUT2D eigenvalue weighted by molar-refractivity contribution is -0.118. The summed E-state index contributed by atoms with van der Waals surface area (Å²) in [4.78, 5) is 35.5. The number of imidazole rings is 1. The number of anilines is 1. The molecular formula is C25H27N3O5. The minimum absolute atomic E-state index is 0.0572. The van der Waals surface area contributed by atoms with E-state index in [4.69, 9.17) is 9.47 Å². The van der Waals surface area contributed by atoms with Crippen molar-refractivity contribution in [3.05, 3.63) is 59.4 Å². The third-order valence-corrected chi connectivity index (χ3v) is 5.51. The Morgan fingerprint density at radius 3 is 2.64 bits per heavy atom. The molecule has 2 N–H and O–H groups in total. The predicted molar refractivity (Wildman–Crippen MR) is 125 cm³/mol. The molecule has 0 bridgehead atoms. The Hall–Kier alpha value is -3.81. The van der Waals surface area contributed by atoms with Gasteiger partial charge < -0.3 is 19.6 Å². The number of nitrogens with zero attached hydrogens (tertiary/aromatic N) is 2. The van der Waals surface area contributed by atoms with Gasteiger partial charge in [0.2, 0.25) is 5.95 Å². The summed E-state index contributed by atoms with van der Waals surface area (Å²) in [5, 5.41) is 10.8. The first-order chi connectivity index (χ1) is 15.8. The van der Waals surface area contributed by atoms with Gasteiger partial charge in [-0.1, -0.05) is 32.0 Å². The smallest absolute Gasteiger partial charge is 0.296 e. The summed E-state index contributed by atoms with van der Waals surface area (Å²) in [5.74, 6) is -0.199. The van der Waals surface area contributed by atoms with Crippen LogP contribution in [0.15, 0.2) is 53.8 Å². The number of para-hydroxylation sites is 2. The van der Waals surface area contributed by atoms with Crippen LogP contribution in [0.3, 0.4) is 0 Å². The largest absolute Gasteiger partial charge is 0.503 e. The zero-order chi connectivity index (χ0) is 23.7. The maximum absolute atomic E-state index is 13.3. The maximum Gasteiger partial charge on any atom is 0.296 e. The highest BCUT2D eigenvalue weighted by Gasteiger charge is 2.45. The third kappa shape index (κ3) is 4.04. The molecule has 4 rings (SSSR count). The number of carbonyl (C=O) groups excluding carboxylic acids is 2. The number of ether oxygens (including phenoxy) is 2. The molecular weight excluding hydrogens is 422 g/mol. The fraction of sp³-hybridized carbons (Fsp3) is 0.320. The zero-order valence-electron chi connectivity index (χ0n) is 19.1. The number of carbonyl (C=O) groups is 2. The molecule has 0 radical (unpaired) electrons. The van der Waals surface area contributed by atoms with Gasteiger partial charge in [0.1, 0.15) is 0 Å². The Morgan fingerprint density at radius 2 is 1.97 bits per heavy atom. The minimum atomic E-state index is -0.866. The Balaban J connectivity index is 1.88. The van der Waals surface area contributed by atoms with Gasteiger partial charge in [-0.25, -0.2) is 4.98 Å². The molecule has 1 amide bonds. The molecule has 0 saturated heterocycles. The van der Waals surface area contributed by atoms with Crippen LogP contribution in [0, 0.1) is 5.92 Å². The fourth-order valence-electron chi connectivity index (χ4n) is 4.09. The van der Waals surface area contributed by atoms with Crippen molar-refractivity contribution in [1.82, 2.24) is 9.97 Å². The zero-order valence-corrected chi connectivity index (χ0v) is 19.1. The van der Waals surface area contributed by atoms with Crippen LogP contribution in [0.4, 0.5) is 5.95 Å². The second-order valence-corrected chi connectivity index (χ2v) is 8.28. The Bertz CT molecular complexity index is 1210. The number of fused-ring (bicyclic) bond motifs is 1. The third-order valence-electron chi connectivity index (χ3n) is 5.51. The lowest BCUT2D eigenvalue weighted by Gasteiger charge is -2.25. The monoisotopic (exact) mass is 449 g/mol. The van der Waals surface area contributed by atoms with Gasteiger partial charge in [0.15, 0.2) is 23.0 Å². The van der Waals surface area contributed by atoms with Crippen LogP contribution in [0.25, 0.3) is 11.0 Å². The maximum atomic E-state index is 13.3. The van der Waals surface area contributed by atoms with Crippen LogP contribution in [0.2, 0.25) is 0 Å². The summed E-state index contributed by atoms with van der Waals surface area (Å²) in [5.41, 5.74) is 2.07. The van der Waals surface area contributed by atoms with Crippen molar-refractivity contribution in [2.24, 2.45) is 5.92 Å². The van der Waals surface area contributed by atoms with Crippen LogP contribution in [0.1, 0.15) is 38.8 Å². The van der Waals surface area contributed by atoms with Gasteiger partial charge in [-0.15, -0.1) is 0 Å². The molecule has 172 valence electrons. The van der Waals surface area contributed by atoms with E-state index in [-0.39, 0.29) is 29.6 Å². The van der Waals surface area contributed by atoms with E-state index in [1.807, 2.05) is 45.0 Å². The number of ketones is 1. The average Bonchev–Trinajstić information content (AvgIpc) is 3.32. The van der Waals surface area contributed by atoms with Gasteiger partial charge in [0, 0.05) is 6.42 Å². The number of benzene rings is 2. The van der Waals surface area contributed by atoms with Crippen LogP contribution in [-0.4, -0.2) is 40.5 Å². The van der Waals surface area contributed by atoms with Crippen molar-refractivity contribution in [3.8, 4) is 11.5 Å².